The van der Waals surface area contributed by atoms with E-state index >= 15 is 0 Å². The maximum absolute atomic E-state index is 12.8. The van der Waals surface area contributed by atoms with E-state index in [-0.39, 0.29) is 19.1 Å². The number of rotatable bonds is 5. The molecule has 116 valence electrons. The van der Waals surface area contributed by atoms with Gasteiger partial charge in [-0.25, -0.2) is 0 Å². The second-order valence-electron chi connectivity index (χ2n) is 6.04. The smallest absolute Gasteiger partial charge is 0.230 e. The number of amides is 1. The number of carbonyl (C=O) groups is 1. The molecule has 1 fully saturated rings. The van der Waals surface area contributed by atoms with E-state index in [0.717, 1.165) is 31.5 Å². The first-order chi connectivity index (χ1) is 10.0. The van der Waals surface area contributed by atoms with Crippen molar-refractivity contribution in [2.24, 2.45) is 0 Å². The van der Waals surface area contributed by atoms with Gasteiger partial charge < -0.3 is 20.8 Å². The van der Waals surface area contributed by atoms with E-state index in [2.05, 4.69) is 10.6 Å². The average Bonchev–Trinajstić information content (AvgIpc) is 2.54. The Morgan fingerprint density at radius 3 is 2.52 bits per heavy atom. The zero-order valence-electron chi connectivity index (χ0n) is 12.4. The van der Waals surface area contributed by atoms with Crippen LogP contribution in [0.3, 0.4) is 0 Å². The number of hydrogen-bond donors (Lipinski definition) is 4. The molecule has 1 aromatic rings. The Morgan fingerprint density at radius 2 is 1.95 bits per heavy atom. The van der Waals surface area contributed by atoms with Crippen LogP contribution in [-0.4, -0.2) is 48.0 Å². The Labute approximate surface area is 125 Å². The molecule has 1 aliphatic rings. The van der Waals surface area contributed by atoms with Crippen LogP contribution in [0.2, 0.25) is 0 Å². The summed E-state index contributed by atoms with van der Waals surface area (Å²) in [5, 5.41) is 25.0. The highest BCUT2D eigenvalue weighted by molar-refractivity contribution is 5.88. The maximum Gasteiger partial charge on any atom is 0.230 e. The van der Waals surface area contributed by atoms with Gasteiger partial charge in [-0.05, 0) is 38.4 Å². The molecular weight excluding hydrogens is 268 g/mol. The number of aliphatic hydroxyl groups is 2. The van der Waals surface area contributed by atoms with Crippen LogP contribution >= 0.6 is 0 Å². The molecule has 1 aliphatic heterocycles. The molecule has 5 nitrogen and oxygen atoms in total. The minimum atomic E-state index is -1.29. The summed E-state index contributed by atoms with van der Waals surface area (Å²) in [6, 6.07) is 9.78. The van der Waals surface area contributed by atoms with Crippen LogP contribution in [0.4, 0.5) is 0 Å². The molecule has 21 heavy (non-hydrogen) atoms. The van der Waals surface area contributed by atoms with Crippen LogP contribution in [0.15, 0.2) is 30.3 Å². The van der Waals surface area contributed by atoms with Gasteiger partial charge in [0.25, 0.3) is 0 Å². The van der Waals surface area contributed by atoms with E-state index in [1.807, 2.05) is 30.3 Å². The molecule has 1 saturated heterocycles. The van der Waals surface area contributed by atoms with Gasteiger partial charge in [-0.2, -0.15) is 0 Å². The van der Waals surface area contributed by atoms with Crippen molar-refractivity contribution < 1.29 is 15.0 Å². The Kier molecular flexibility index (Phi) is 4.98. The maximum atomic E-state index is 12.8. The summed E-state index contributed by atoms with van der Waals surface area (Å²) in [4.78, 5) is 12.8. The highest BCUT2D eigenvalue weighted by atomic mass is 16.3. The molecule has 1 unspecified atom stereocenters. The van der Waals surface area contributed by atoms with Crippen molar-refractivity contribution in [3.8, 4) is 0 Å². The standard InChI is InChI=1S/C16H24N2O3/c1-15(21,12-19)11-18-14(20)16(7-9-17-10-8-16)13-5-3-2-4-6-13/h2-6,17,19,21H,7-12H2,1H3,(H,18,20). The van der Waals surface area contributed by atoms with Gasteiger partial charge >= 0.3 is 0 Å². The van der Waals surface area contributed by atoms with Gasteiger partial charge in [0.05, 0.1) is 12.0 Å². The minimum Gasteiger partial charge on any atom is -0.393 e. The summed E-state index contributed by atoms with van der Waals surface area (Å²) in [5.74, 6) is -0.0797. The predicted molar refractivity (Wildman–Crippen MR) is 80.9 cm³/mol. The topological polar surface area (TPSA) is 81.6 Å². The van der Waals surface area contributed by atoms with Crippen molar-refractivity contribution in [2.75, 3.05) is 26.2 Å². The third-order valence-corrected chi connectivity index (χ3v) is 4.19. The van der Waals surface area contributed by atoms with Gasteiger partial charge in [0, 0.05) is 6.54 Å². The summed E-state index contributed by atoms with van der Waals surface area (Å²) in [5.41, 5.74) is -0.842. The Morgan fingerprint density at radius 1 is 1.33 bits per heavy atom. The Bertz CT molecular complexity index is 468. The first-order valence-electron chi connectivity index (χ1n) is 7.38. The SMILES string of the molecule is CC(O)(CO)CNC(=O)C1(c2ccccc2)CCNCC1. The van der Waals surface area contributed by atoms with Crippen molar-refractivity contribution in [1.82, 2.24) is 10.6 Å². The molecule has 1 atom stereocenters. The van der Waals surface area contributed by atoms with E-state index in [1.54, 1.807) is 0 Å². The van der Waals surface area contributed by atoms with Crippen LogP contribution in [0.1, 0.15) is 25.3 Å². The number of benzene rings is 1. The van der Waals surface area contributed by atoms with E-state index in [9.17, 15) is 9.90 Å². The summed E-state index contributed by atoms with van der Waals surface area (Å²) >= 11 is 0. The van der Waals surface area contributed by atoms with Gasteiger partial charge in [-0.3, -0.25) is 4.79 Å². The first-order valence-corrected chi connectivity index (χ1v) is 7.38. The lowest BCUT2D eigenvalue weighted by Gasteiger charge is -2.37. The molecule has 0 spiro atoms. The second kappa shape index (κ2) is 6.56. The first kappa shape index (κ1) is 15.9. The van der Waals surface area contributed by atoms with Crippen LogP contribution in [0.5, 0.6) is 0 Å². The fraction of sp³-hybridized carbons (Fsp3) is 0.562. The van der Waals surface area contributed by atoms with Crippen LogP contribution in [-0.2, 0) is 10.2 Å². The number of nitrogens with one attached hydrogen (secondary N) is 2. The number of piperidine rings is 1. The van der Waals surface area contributed by atoms with Crippen molar-refractivity contribution >= 4 is 5.91 Å². The van der Waals surface area contributed by atoms with Crippen LogP contribution in [0.25, 0.3) is 0 Å². The highest BCUT2D eigenvalue weighted by Gasteiger charge is 2.41. The lowest BCUT2D eigenvalue weighted by atomic mass is 9.72. The molecule has 1 aromatic carbocycles. The van der Waals surface area contributed by atoms with Crippen molar-refractivity contribution in [1.29, 1.82) is 0 Å². The van der Waals surface area contributed by atoms with Crippen molar-refractivity contribution in [2.45, 2.75) is 30.8 Å². The second-order valence-corrected chi connectivity index (χ2v) is 6.04. The molecule has 0 bridgehead atoms. The quantitative estimate of drug-likeness (QED) is 0.623. The van der Waals surface area contributed by atoms with Gasteiger partial charge in [-0.1, -0.05) is 30.3 Å². The molecule has 0 aliphatic carbocycles. The third-order valence-electron chi connectivity index (χ3n) is 4.19. The zero-order valence-corrected chi connectivity index (χ0v) is 12.4. The Hall–Kier alpha value is -1.43. The lowest BCUT2D eigenvalue weighted by Crippen LogP contribution is -2.54. The summed E-state index contributed by atoms with van der Waals surface area (Å²) < 4.78 is 0. The van der Waals surface area contributed by atoms with Gasteiger partial charge in [0.1, 0.15) is 5.60 Å². The van der Waals surface area contributed by atoms with Crippen molar-refractivity contribution in [3.05, 3.63) is 35.9 Å². The molecule has 0 radical (unpaired) electrons. The lowest BCUT2D eigenvalue weighted by molar-refractivity contribution is -0.129. The minimum absolute atomic E-state index is 0.0460. The van der Waals surface area contributed by atoms with E-state index in [0.29, 0.717) is 0 Å². The van der Waals surface area contributed by atoms with E-state index in [1.165, 1.54) is 6.92 Å². The zero-order chi connectivity index (χ0) is 15.3. The highest BCUT2D eigenvalue weighted by Crippen LogP contribution is 2.33. The fourth-order valence-electron chi connectivity index (χ4n) is 2.75. The molecule has 4 N–H and O–H groups in total. The van der Waals surface area contributed by atoms with E-state index in [4.69, 9.17) is 5.11 Å². The van der Waals surface area contributed by atoms with Gasteiger partial charge in [-0.15, -0.1) is 0 Å². The van der Waals surface area contributed by atoms with Crippen molar-refractivity contribution in [3.63, 3.8) is 0 Å². The monoisotopic (exact) mass is 292 g/mol. The van der Waals surface area contributed by atoms with Crippen LogP contribution in [0, 0.1) is 0 Å². The normalized spacial score (nSPS) is 20.5. The van der Waals surface area contributed by atoms with Gasteiger partial charge in [0.2, 0.25) is 5.91 Å². The average molecular weight is 292 g/mol. The van der Waals surface area contributed by atoms with E-state index < -0.39 is 11.0 Å². The molecule has 1 heterocycles. The summed E-state index contributed by atoms with van der Waals surface area (Å²) in [6.07, 6.45) is 1.45. The summed E-state index contributed by atoms with van der Waals surface area (Å²) in [6.45, 7) is 2.75. The number of hydrogen-bond acceptors (Lipinski definition) is 4. The molecule has 2 rings (SSSR count). The molecular formula is C16H24N2O3. The Balaban J connectivity index is 2.18. The number of aliphatic hydroxyl groups excluding tert-OH is 1. The largest absolute Gasteiger partial charge is 0.393 e. The molecule has 5 heteroatoms. The molecule has 0 saturated carbocycles. The third kappa shape index (κ3) is 3.61. The fourth-order valence-corrected chi connectivity index (χ4v) is 2.75. The predicted octanol–water partition coefficient (Wildman–Crippen LogP) is 0.167. The number of carbonyl (C=O) groups excluding carboxylic acids is 1. The van der Waals surface area contributed by atoms with Crippen LogP contribution < -0.4 is 10.6 Å². The summed E-state index contributed by atoms with van der Waals surface area (Å²) in [7, 11) is 0. The molecule has 0 aromatic heterocycles. The van der Waals surface area contributed by atoms with Gasteiger partial charge in [0.15, 0.2) is 0 Å². The molecule has 1 amide bonds.